The molecule has 6 heteroatoms. The topological polar surface area (TPSA) is 32.8 Å². The van der Waals surface area contributed by atoms with Crippen LogP contribution in [0.3, 0.4) is 0 Å². The number of hydrogen-bond acceptors (Lipinski definition) is 3. The van der Waals surface area contributed by atoms with Crippen molar-refractivity contribution in [2.45, 2.75) is 37.8 Å². The number of halogens is 2. The van der Waals surface area contributed by atoms with Gasteiger partial charge in [0.05, 0.1) is 10.0 Å². The van der Waals surface area contributed by atoms with Crippen LogP contribution in [0, 0.1) is 0 Å². The van der Waals surface area contributed by atoms with Gasteiger partial charge in [-0.15, -0.1) is 0 Å². The van der Waals surface area contributed by atoms with Crippen LogP contribution in [-0.2, 0) is 4.79 Å². The van der Waals surface area contributed by atoms with Crippen LogP contribution in [0.2, 0.25) is 10.0 Å². The molecule has 0 aromatic heterocycles. The Morgan fingerprint density at radius 3 is 2.33 bits per heavy atom. The van der Waals surface area contributed by atoms with Crippen molar-refractivity contribution in [3.8, 4) is 5.75 Å². The molecule has 0 spiro atoms. The zero-order valence-electron chi connectivity index (χ0n) is 16.0. The van der Waals surface area contributed by atoms with E-state index in [1.165, 1.54) is 6.42 Å². The lowest BCUT2D eigenvalue weighted by molar-refractivity contribution is -0.136. The number of benzene rings is 2. The third kappa shape index (κ3) is 4.34. The first-order valence-electron chi connectivity index (χ1n) is 9.31. The smallest absolute Gasteiger partial charge is 0.260 e. The molecule has 0 radical (unpaired) electrons. The predicted octanol–water partition coefficient (Wildman–Crippen LogP) is 4.86. The average molecular weight is 409 g/mol. The van der Waals surface area contributed by atoms with E-state index in [9.17, 15) is 4.79 Å². The largest absolute Gasteiger partial charge is 0.482 e. The molecular formula is C21H26Cl2N2O2. The second-order valence-electron chi connectivity index (χ2n) is 7.39. The average Bonchev–Trinajstić information content (AvgIpc) is 2.67. The van der Waals surface area contributed by atoms with Gasteiger partial charge >= 0.3 is 0 Å². The highest BCUT2D eigenvalue weighted by atomic mass is 35.5. The first kappa shape index (κ1) is 20.2. The Bertz CT molecular complexity index is 825. The van der Waals surface area contributed by atoms with Crippen LogP contribution < -0.4 is 4.74 Å². The number of nitrogens with zero attached hydrogens (tertiary/aromatic N) is 2. The van der Waals surface area contributed by atoms with E-state index < -0.39 is 0 Å². The van der Waals surface area contributed by atoms with Crippen molar-refractivity contribution < 1.29 is 9.53 Å². The van der Waals surface area contributed by atoms with E-state index in [1.54, 1.807) is 6.07 Å². The number of likely N-dealkylation sites (N-methyl/N-ethyl adjacent to an activating group) is 2. The van der Waals surface area contributed by atoms with Crippen LogP contribution in [0.5, 0.6) is 5.75 Å². The summed E-state index contributed by atoms with van der Waals surface area (Å²) in [4.78, 5) is 16.9. The molecule has 4 nitrogen and oxygen atoms in total. The molecule has 146 valence electrons. The van der Waals surface area contributed by atoms with E-state index in [2.05, 4.69) is 19.0 Å². The van der Waals surface area contributed by atoms with Gasteiger partial charge in [-0.2, -0.15) is 0 Å². The van der Waals surface area contributed by atoms with Crippen LogP contribution >= 0.6 is 23.2 Å². The Morgan fingerprint density at radius 1 is 1.04 bits per heavy atom. The normalized spacial score (nSPS) is 20.1. The molecule has 0 aliphatic heterocycles. The molecule has 2 atom stereocenters. The summed E-state index contributed by atoms with van der Waals surface area (Å²) in [6.45, 7) is -0.0432. The maximum atomic E-state index is 12.8. The third-order valence-corrected chi connectivity index (χ3v) is 6.08. The van der Waals surface area contributed by atoms with E-state index in [0.717, 1.165) is 30.0 Å². The summed E-state index contributed by atoms with van der Waals surface area (Å²) in [7, 11) is 6.04. The fraction of sp³-hybridized carbons (Fsp3) is 0.476. The Hall–Kier alpha value is -1.49. The molecule has 0 N–H and O–H groups in total. The van der Waals surface area contributed by atoms with Crippen molar-refractivity contribution in [2.24, 2.45) is 0 Å². The Morgan fingerprint density at radius 2 is 1.67 bits per heavy atom. The molecule has 1 aliphatic rings. The minimum atomic E-state index is -0.0432. The fourth-order valence-corrected chi connectivity index (χ4v) is 4.58. The number of fused-ring (bicyclic) bond motifs is 1. The number of hydrogen-bond donors (Lipinski definition) is 0. The van der Waals surface area contributed by atoms with Crippen LogP contribution in [0.4, 0.5) is 0 Å². The molecule has 0 saturated heterocycles. The van der Waals surface area contributed by atoms with Crippen LogP contribution in [0.15, 0.2) is 30.3 Å². The van der Waals surface area contributed by atoms with Crippen LogP contribution in [0.1, 0.15) is 25.7 Å². The van der Waals surface area contributed by atoms with Crippen molar-refractivity contribution in [1.29, 1.82) is 0 Å². The van der Waals surface area contributed by atoms with Gasteiger partial charge in [0.15, 0.2) is 6.61 Å². The Labute approximate surface area is 171 Å². The van der Waals surface area contributed by atoms with Gasteiger partial charge in [0.2, 0.25) is 0 Å². The summed E-state index contributed by atoms with van der Waals surface area (Å²) < 4.78 is 5.88. The minimum Gasteiger partial charge on any atom is -0.482 e. The molecule has 2 aromatic rings. The van der Waals surface area contributed by atoms with Crippen molar-refractivity contribution in [3.05, 3.63) is 40.4 Å². The van der Waals surface area contributed by atoms with Gasteiger partial charge in [0.25, 0.3) is 5.91 Å². The molecule has 3 rings (SSSR count). The molecule has 0 heterocycles. The van der Waals surface area contributed by atoms with Gasteiger partial charge in [0.1, 0.15) is 5.75 Å². The van der Waals surface area contributed by atoms with Gasteiger partial charge in [0, 0.05) is 29.9 Å². The first-order valence-corrected chi connectivity index (χ1v) is 10.1. The van der Waals surface area contributed by atoms with Crippen molar-refractivity contribution in [2.75, 3.05) is 27.7 Å². The summed E-state index contributed by atoms with van der Waals surface area (Å²) in [6.07, 6.45) is 4.50. The van der Waals surface area contributed by atoms with E-state index >= 15 is 0 Å². The molecule has 0 unspecified atom stereocenters. The number of amides is 1. The van der Waals surface area contributed by atoms with Crippen molar-refractivity contribution in [1.82, 2.24) is 9.80 Å². The van der Waals surface area contributed by atoms with Gasteiger partial charge in [-0.25, -0.2) is 0 Å². The van der Waals surface area contributed by atoms with Gasteiger partial charge < -0.3 is 14.5 Å². The molecular weight excluding hydrogens is 383 g/mol. The highest BCUT2D eigenvalue weighted by molar-refractivity contribution is 6.39. The van der Waals surface area contributed by atoms with Crippen molar-refractivity contribution in [3.63, 3.8) is 0 Å². The van der Waals surface area contributed by atoms with E-state index in [-0.39, 0.29) is 18.6 Å². The number of ether oxygens (including phenoxy) is 1. The zero-order valence-corrected chi connectivity index (χ0v) is 17.6. The summed E-state index contributed by atoms with van der Waals surface area (Å²) in [5.74, 6) is 0.468. The summed E-state index contributed by atoms with van der Waals surface area (Å²) in [6, 6.07) is 9.89. The summed E-state index contributed by atoms with van der Waals surface area (Å²) >= 11 is 12.6. The van der Waals surface area contributed by atoms with E-state index in [0.29, 0.717) is 21.8 Å². The van der Waals surface area contributed by atoms with Gasteiger partial charge in [-0.05, 0) is 33.0 Å². The highest BCUT2D eigenvalue weighted by Gasteiger charge is 2.32. The number of carbonyl (C=O) groups excluding carboxylic acids is 1. The quantitative estimate of drug-likeness (QED) is 0.707. The molecule has 27 heavy (non-hydrogen) atoms. The van der Waals surface area contributed by atoms with Gasteiger partial charge in [-0.3, -0.25) is 4.79 Å². The molecule has 1 saturated carbocycles. The maximum absolute atomic E-state index is 12.8. The molecule has 1 amide bonds. The van der Waals surface area contributed by atoms with Crippen LogP contribution in [-0.4, -0.2) is 55.5 Å². The third-order valence-electron chi connectivity index (χ3n) is 5.49. The van der Waals surface area contributed by atoms with Gasteiger partial charge in [-0.1, -0.05) is 60.3 Å². The standard InChI is InChI=1S/C21H26Cl2N2O2/c1-24(2)18-10-6-7-11-19(18)25(3)20(26)13-27-21-15-9-5-4-8-14(15)16(22)12-17(21)23/h4-5,8-9,12,18-19H,6-7,10-11,13H2,1-3H3/t18-,19-/m1/s1. The summed E-state index contributed by atoms with van der Waals surface area (Å²) in [5.41, 5.74) is 0. The lowest BCUT2D eigenvalue weighted by atomic mass is 9.88. The molecule has 2 aromatic carbocycles. The monoisotopic (exact) mass is 408 g/mol. The Balaban J connectivity index is 1.75. The van der Waals surface area contributed by atoms with Crippen LogP contribution in [0.25, 0.3) is 10.8 Å². The van der Waals surface area contributed by atoms with E-state index in [4.69, 9.17) is 27.9 Å². The van der Waals surface area contributed by atoms with E-state index in [1.807, 2.05) is 36.2 Å². The Kier molecular flexibility index (Phi) is 6.51. The van der Waals surface area contributed by atoms with Crippen molar-refractivity contribution >= 4 is 39.9 Å². The second kappa shape index (κ2) is 8.68. The molecule has 1 aliphatic carbocycles. The zero-order chi connectivity index (χ0) is 19.6. The number of rotatable bonds is 5. The lowest BCUT2D eigenvalue weighted by Crippen LogP contribution is -2.52. The second-order valence-corrected chi connectivity index (χ2v) is 8.21. The molecule has 0 bridgehead atoms. The fourth-order valence-electron chi connectivity index (χ4n) is 3.99. The molecule has 1 fully saturated rings. The minimum absolute atomic E-state index is 0.0381. The maximum Gasteiger partial charge on any atom is 0.260 e. The SMILES string of the molecule is CN(C)[C@@H]1CCCC[C@H]1N(C)C(=O)COc1c(Cl)cc(Cl)c2ccccc12. The predicted molar refractivity (Wildman–Crippen MR) is 112 cm³/mol. The lowest BCUT2D eigenvalue weighted by Gasteiger charge is -2.41. The first-order chi connectivity index (χ1) is 12.9. The highest BCUT2D eigenvalue weighted by Crippen LogP contribution is 2.38. The number of carbonyl (C=O) groups is 1. The summed E-state index contributed by atoms with van der Waals surface area (Å²) in [5, 5.41) is 2.66.